The zero-order chi connectivity index (χ0) is 32.7. The number of nitrogens with zero attached hydrogens (tertiary/aromatic N) is 7. The van der Waals surface area contributed by atoms with Crippen LogP contribution in [0.3, 0.4) is 0 Å². The average molecular weight is 668 g/mol. The summed E-state index contributed by atoms with van der Waals surface area (Å²) in [5, 5.41) is 80.4. The molecule has 10 atom stereocenters. The Morgan fingerprint density at radius 2 is 1.24 bits per heavy atom. The van der Waals surface area contributed by atoms with Crippen molar-refractivity contribution in [3.8, 4) is 22.6 Å². The summed E-state index contributed by atoms with van der Waals surface area (Å²) in [6.07, 6.45) is -4.46. The molecule has 2 saturated heterocycles. The molecule has 5 unspecified atom stereocenters. The molecule has 0 amide bonds. The first kappa shape index (κ1) is 32.4. The van der Waals surface area contributed by atoms with Crippen molar-refractivity contribution in [1.29, 1.82) is 0 Å². The third-order valence-corrected chi connectivity index (χ3v) is 9.12. The highest BCUT2D eigenvalue weighted by Gasteiger charge is 2.51. The van der Waals surface area contributed by atoms with Gasteiger partial charge < -0.3 is 40.1 Å². The quantitative estimate of drug-likeness (QED) is 0.130. The predicted octanol–water partition coefficient (Wildman–Crippen LogP) is -0.591. The van der Waals surface area contributed by atoms with Crippen molar-refractivity contribution in [1.82, 2.24) is 35.0 Å². The van der Waals surface area contributed by atoms with Crippen LogP contribution in [0.25, 0.3) is 22.6 Å². The number of aliphatic hydroxyl groups excluding tert-OH is 6. The largest absolute Gasteiger partial charge is 0.394 e. The van der Waals surface area contributed by atoms with Gasteiger partial charge in [0.05, 0.1) is 31.3 Å². The SMILES string of the molecule is OCC1O[C@@H](SC2O[C@H](CO)C(O)C(n3cc(-c4ccccn4)nn3)[C@H]2O)[C@@H](O)C(n2cc(-c3cc(F)c(F)c(F)c3)nn2)[C@H]1O. The highest BCUT2D eigenvalue weighted by Crippen LogP contribution is 2.42. The summed E-state index contributed by atoms with van der Waals surface area (Å²) in [7, 11) is 0. The van der Waals surface area contributed by atoms with Crippen molar-refractivity contribution in [2.75, 3.05) is 13.2 Å². The lowest BCUT2D eigenvalue weighted by Gasteiger charge is -2.46. The normalized spacial score (nSPS) is 31.7. The van der Waals surface area contributed by atoms with E-state index in [1.807, 2.05) is 0 Å². The molecule has 4 aromatic rings. The van der Waals surface area contributed by atoms with Gasteiger partial charge in [0.2, 0.25) is 0 Å². The monoisotopic (exact) mass is 667 g/mol. The molecular weight excluding hydrogens is 639 g/mol. The van der Waals surface area contributed by atoms with E-state index < -0.39 is 90.2 Å². The van der Waals surface area contributed by atoms with E-state index in [1.54, 1.807) is 24.4 Å². The highest BCUT2D eigenvalue weighted by atomic mass is 32.2. The van der Waals surface area contributed by atoms with Gasteiger partial charge in [0.1, 0.15) is 71.0 Å². The number of aliphatic hydroxyl groups is 6. The van der Waals surface area contributed by atoms with Crippen LogP contribution in [0.2, 0.25) is 0 Å². The minimum Gasteiger partial charge on any atom is -0.394 e. The summed E-state index contributed by atoms with van der Waals surface area (Å²) in [5.74, 6) is -4.58. The number of halogens is 3. The van der Waals surface area contributed by atoms with Gasteiger partial charge in [-0.25, -0.2) is 22.5 Å². The molecule has 0 aliphatic carbocycles. The minimum absolute atomic E-state index is 0.111. The number of pyridine rings is 1. The molecule has 3 aromatic heterocycles. The van der Waals surface area contributed by atoms with Crippen LogP contribution in [-0.4, -0.2) is 126 Å². The Balaban J connectivity index is 1.25. The van der Waals surface area contributed by atoms with Gasteiger partial charge in [0, 0.05) is 11.8 Å². The standard InChI is InChI=1S/C27H28F3N7O8S/c28-12-5-11(6-13(29)19(12)30)15-7-36(34-32-15)20-22(40)17(9-38)44-26(24(20)42)46-27-25(43)21(23(41)18(10-39)45-27)37-8-16(33-35-37)14-3-1-2-4-31-14/h1-8,17-18,20-27,38-43H,9-10H2/t17?,18-,20?,21?,22+,23?,24+,25-,26+,27?/m1/s1. The van der Waals surface area contributed by atoms with E-state index in [4.69, 9.17) is 9.47 Å². The molecule has 15 nitrogen and oxygen atoms in total. The second-order valence-electron chi connectivity index (χ2n) is 10.7. The number of ether oxygens (including phenoxy) is 2. The topological polar surface area (TPSA) is 214 Å². The smallest absolute Gasteiger partial charge is 0.194 e. The number of hydrogen-bond acceptors (Lipinski definition) is 14. The summed E-state index contributed by atoms with van der Waals surface area (Å²) >= 11 is 0.744. The van der Waals surface area contributed by atoms with Crippen molar-refractivity contribution >= 4 is 11.8 Å². The summed E-state index contributed by atoms with van der Waals surface area (Å²) in [5.41, 5.74) is -2.02. The molecule has 5 heterocycles. The van der Waals surface area contributed by atoms with Crippen LogP contribution in [0.1, 0.15) is 12.1 Å². The Morgan fingerprint density at radius 3 is 1.74 bits per heavy atom. The Kier molecular flexibility index (Phi) is 9.37. The maximum absolute atomic E-state index is 13.8. The summed E-state index contributed by atoms with van der Waals surface area (Å²) in [6, 6.07) is 4.05. The van der Waals surface area contributed by atoms with Gasteiger partial charge in [-0.1, -0.05) is 28.3 Å². The summed E-state index contributed by atoms with van der Waals surface area (Å²) in [4.78, 5) is 4.21. The van der Waals surface area contributed by atoms with Crippen molar-refractivity contribution in [2.24, 2.45) is 0 Å². The van der Waals surface area contributed by atoms with E-state index in [0.717, 1.165) is 22.6 Å². The summed E-state index contributed by atoms with van der Waals surface area (Å²) in [6.45, 7) is -1.36. The lowest BCUT2D eigenvalue weighted by atomic mass is 9.97. The molecule has 6 rings (SSSR count). The molecule has 0 saturated carbocycles. The van der Waals surface area contributed by atoms with Crippen LogP contribution in [0.15, 0.2) is 48.9 Å². The van der Waals surface area contributed by atoms with E-state index in [0.29, 0.717) is 23.5 Å². The van der Waals surface area contributed by atoms with Crippen LogP contribution < -0.4 is 0 Å². The third-order valence-electron chi connectivity index (χ3n) is 7.80. The van der Waals surface area contributed by atoms with Crippen molar-refractivity contribution < 1.29 is 53.3 Å². The molecule has 19 heteroatoms. The molecule has 2 aliphatic rings. The molecule has 0 bridgehead atoms. The fourth-order valence-corrected chi connectivity index (χ4v) is 6.75. The Labute approximate surface area is 261 Å². The second-order valence-corrected chi connectivity index (χ2v) is 11.9. The molecule has 246 valence electrons. The predicted molar refractivity (Wildman–Crippen MR) is 150 cm³/mol. The van der Waals surface area contributed by atoms with Gasteiger partial charge in [-0.15, -0.1) is 10.2 Å². The van der Waals surface area contributed by atoms with Gasteiger partial charge in [-0.05, 0) is 24.3 Å². The first-order valence-corrected chi connectivity index (χ1v) is 14.9. The first-order chi connectivity index (χ1) is 22.1. The first-order valence-electron chi connectivity index (χ1n) is 13.9. The van der Waals surface area contributed by atoms with E-state index in [-0.39, 0.29) is 11.3 Å². The fourth-order valence-electron chi connectivity index (χ4n) is 5.43. The van der Waals surface area contributed by atoms with Gasteiger partial charge in [0.15, 0.2) is 17.5 Å². The zero-order valence-corrected chi connectivity index (χ0v) is 24.3. The summed E-state index contributed by atoms with van der Waals surface area (Å²) < 4.78 is 54.9. The van der Waals surface area contributed by atoms with E-state index in [9.17, 15) is 43.8 Å². The third kappa shape index (κ3) is 6.00. The molecule has 46 heavy (non-hydrogen) atoms. The van der Waals surface area contributed by atoms with Gasteiger partial charge in [0.25, 0.3) is 0 Å². The van der Waals surface area contributed by atoms with Crippen LogP contribution in [0.4, 0.5) is 13.2 Å². The van der Waals surface area contributed by atoms with Crippen molar-refractivity contribution in [2.45, 2.75) is 59.6 Å². The van der Waals surface area contributed by atoms with Crippen LogP contribution in [0, 0.1) is 17.5 Å². The van der Waals surface area contributed by atoms with Gasteiger partial charge in [-0.2, -0.15) is 0 Å². The number of rotatable bonds is 8. The second kappa shape index (κ2) is 13.3. The van der Waals surface area contributed by atoms with Gasteiger partial charge >= 0.3 is 0 Å². The lowest BCUT2D eigenvalue weighted by Crippen LogP contribution is -2.58. The molecule has 2 fully saturated rings. The number of hydrogen-bond donors (Lipinski definition) is 6. The Morgan fingerprint density at radius 1 is 0.717 bits per heavy atom. The van der Waals surface area contributed by atoms with E-state index in [2.05, 4.69) is 25.6 Å². The highest BCUT2D eigenvalue weighted by molar-refractivity contribution is 8.00. The minimum atomic E-state index is -1.67. The zero-order valence-electron chi connectivity index (χ0n) is 23.5. The van der Waals surface area contributed by atoms with Crippen molar-refractivity contribution in [3.05, 3.63) is 66.4 Å². The molecular formula is C27H28F3N7O8S. The number of thioether (sulfide) groups is 1. The Bertz CT molecular complexity index is 1630. The average Bonchev–Trinajstić information content (AvgIpc) is 3.74. The molecule has 1 aromatic carbocycles. The maximum Gasteiger partial charge on any atom is 0.194 e. The van der Waals surface area contributed by atoms with E-state index >= 15 is 0 Å². The van der Waals surface area contributed by atoms with E-state index in [1.165, 1.54) is 10.9 Å². The molecule has 0 spiro atoms. The van der Waals surface area contributed by atoms with Crippen molar-refractivity contribution in [3.63, 3.8) is 0 Å². The maximum atomic E-state index is 13.8. The van der Waals surface area contributed by atoms with Crippen LogP contribution in [0.5, 0.6) is 0 Å². The number of benzene rings is 1. The fraction of sp³-hybridized carbons (Fsp3) is 0.444. The molecule has 2 aliphatic heterocycles. The molecule has 6 N–H and O–H groups in total. The van der Waals surface area contributed by atoms with Crippen LogP contribution >= 0.6 is 11.8 Å². The van der Waals surface area contributed by atoms with Gasteiger partial charge in [-0.3, -0.25) is 4.98 Å². The number of aromatic nitrogens is 7. The Hall–Kier alpha value is -3.53. The lowest BCUT2D eigenvalue weighted by molar-refractivity contribution is -0.189. The van der Waals surface area contributed by atoms with Crippen LogP contribution in [-0.2, 0) is 9.47 Å². The molecule has 0 radical (unpaired) electrons.